The van der Waals surface area contributed by atoms with E-state index in [-0.39, 0.29) is 31.2 Å². The molecule has 19 heteroatoms. The number of aromatic nitrogens is 6. The van der Waals surface area contributed by atoms with Gasteiger partial charge in [-0.3, -0.25) is 29.1 Å². The van der Waals surface area contributed by atoms with Crippen molar-refractivity contribution in [3.63, 3.8) is 0 Å². The minimum atomic E-state index is -1.00. The molecule has 0 radical (unpaired) electrons. The largest absolute Gasteiger partial charge is 0.465 e. The molecule has 0 saturated carbocycles. The van der Waals surface area contributed by atoms with Crippen LogP contribution in [-0.4, -0.2) is 56.0 Å². The highest BCUT2D eigenvalue weighted by Crippen LogP contribution is 2.23. The molecule has 15 nitrogen and oxygen atoms in total. The van der Waals surface area contributed by atoms with Crippen molar-refractivity contribution in [1.29, 1.82) is 10.5 Å². The number of pyridine rings is 6. The number of anilines is 2. The van der Waals surface area contributed by atoms with E-state index in [4.69, 9.17) is 51.8 Å². The van der Waals surface area contributed by atoms with Gasteiger partial charge < -0.3 is 27.3 Å². The van der Waals surface area contributed by atoms with Crippen molar-refractivity contribution in [1.82, 2.24) is 35.2 Å². The van der Waals surface area contributed by atoms with Gasteiger partial charge in [0, 0.05) is 77.4 Å². The number of methoxy groups -OCH3 is 1. The Balaban J connectivity index is 0.000000259. The number of aryl methyl sites for hydroxylation is 4. The number of hydrogen-bond acceptors (Lipinski definition) is 14. The first-order chi connectivity index (χ1) is 35.0. The monoisotopic (exact) mass is 1040 g/mol. The second-order valence-corrected chi connectivity index (χ2v) is 17.2. The zero-order valence-corrected chi connectivity index (χ0v) is 43.1. The zero-order chi connectivity index (χ0) is 53.2. The molecule has 73 heavy (non-hydrogen) atoms. The van der Waals surface area contributed by atoms with Gasteiger partial charge in [-0.25, -0.2) is 14.8 Å². The average molecular weight is 1050 g/mol. The van der Waals surface area contributed by atoms with Gasteiger partial charge in [-0.15, -0.1) is 12.4 Å². The molecule has 0 aliphatic rings. The minimum absolute atomic E-state index is 0. The Morgan fingerprint density at radius 3 is 1.56 bits per heavy atom. The number of nitrogens with zero attached hydrogens (tertiary/aromatic N) is 8. The van der Waals surface area contributed by atoms with E-state index in [0.29, 0.717) is 81.5 Å². The second-order valence-electron chi connectivity index (χ2n) is 16.3. The number of carbonyl (C=O) groups is 2. The van der Waals surface area contributed by atoms with Crippen LogP contribution in [0.25, 0.3) is 21.8 Å². The second kappa shape index (κ2) is 27.7. The van der Waals surface area contributed by atoms with Crippen LogP contribution in [0.1, 0.15) is 89.6 Å². The maximum absolute atomic E-state index is 13.0. The van der Waals surface area contributed by atoms with E-state index in [9.17, 15) is 19.2 Å². The third-order valence-electron chi connectivity index (χ3n) is 11.0. The number of halogens is 4. The van der Waals surface area contributed by atoms with Gasteiger partial charge in [-0.1, -0.05) is 35.3 Å². The zero-order valence-electron chi connectivity index (χ0n) is 41.8. The summed E-state index contributed by atoms with van der Waals surface area (Å²) >= 11 is 12.1. The summed E-state index contributed by atoms with van der Waals surface area (Å²) in [5.41, 5.74) is 29.7. The van der Waals surface area contributed by atoms with Crippen LogP contribution in [0, 0.1) is 50.4 Å². The number of amides is 1. The van der Waals surface area contributed by atoms with Gasteiger partial charge in [-0.05, 0) is 134 Å². The van der Waals surface area contributed by atoms with Gasteiger partial charge in [0.2, 0.25) is 0 Å². The number of hydrogen-bond donors (Lipinski definition) is 4. The first-order valence-electron chi connectivity index (χ1n) is 22.9. The fourth-order valence-corrected chi connectivity index (χ4v) is 8.09. The molecule has 0 aliphatic carbocycles. The summed E-state index contributed by atoms with van der Waals surface area (Å²) in [6.07, 6.45) is 4.50. The molecule has 7 N–H and O–H groups in total. The van der Waals surface area contributed by atoms with E-state index in [1.807, 2.05) is 82.3 Å². The lowest BCUT2D eigenvalue weighted by Crippen LogP contribution is -2.24. The van der Waals surface area contributed by atoms with E-state index in [1.54, 1.807) is 42.7 Å². The Hall–Kier alpha value is -7.86. The Labute approximate surface area is 440 Å². The van der Waals surface area contributed by atoms with Gasteiger partial charge in [0.05, 0.1) is 78.6 Å². The Kier molecular flexibility index (Phi) is 21.2. The number of alkyl halides is 1. The number of benzene rings is 2. The molecule has 6 heterocycles. The standard InChI is InChI=1S/C26H23ClN6O.C19H14ClN3O2.C8H13N3.CH3F.ClH/c1-15-7-25(29)32-16(2)23(15)14-31-26(34)19-11-21(5-6-28)33-22(12-19)9-17-3-4-24-18(8-17)10-20(27)13-30-24;1-25-19(24)14-9-16(4-5-21)23-17(10-14)7-12-2-3-18-13(6-12)8-15(20)11-22-18;1-5-3-8(10)11-6(2)7(5)4-9;1-2;/h3-4,7-8,10-13H,5,9,14H2,1-2H3,(H2,29,32)(H,31,34);2-3,6,8-11H,4,7H2,1H3;3H,4,9H2,1-2H3,(H2,10,11);1H3;1H/i;;;1D;. The number of nitriles is 2. The first kappa shape index (κ1) is 56.1. The quantitative estimate of drug-likeness (QED) is 0.0879. The van der Waals surface area contributed by atoms with Gasteiger partial charge in [0.25, 0.3) is 5.91 Å². The molecule has 8 rings (SSSR count). The maximum atomic E-state index is 13.0. The summed E-state index contributed by atoms with van der Waals surface area (Å²) in [7, 11) is 0.326. The van der Waals surface area contributed by atoms with Crippen molar-refractivity contribution >= 4 is 80.9 Å². The summed E-state index contributed by atoms with van der Waals surface area (Å²) in [6.45, 7) is 8.58. The predicted molar refractivity (Wildman–Crippen MR) is 287 cm³/mol. The van der Waals surface area contributed by atoms with Gasteiger partial charge >= 0.3 is 5.97 Å². The first-order valence-corrected chi connectivity index (χ1v) is 22.9. The number of nitrogens with one attached hydrogen (secondary N) is 1. The molecule has 376 valence electrons. The van der Waals surface area contributed by atoms with Crippen LogP contribution in [-0.2, 0) is 43.5 Å². The lowest BCUT2D eigenvalue weighted by atomic mass is 10.0. The van der Waals surface area contributed by atoms with Crippen LogP contribution in [0.3, 0.4) is 0 Å². The molecule has 0 atom stereocenters. The van der Waals surface area contributed by atoms with Crippen LogP contribution in [0.15, 0.2) is 97.3 Å². The highest BCUT2D eigenvalue weighted by molar-refractivity contribution is 6.31. The Bertz CT molecular complexity index is 3330. The van der Waals surface area contributed by atoms with Crippen molar-refractivity contribution in [2.24, 2.45) is 5.73 Å². The fourth-order valence-electron chi connectivity index (χ4n) is 7.76. The van der Waals surface area contributed by atoms with Crippen LogP contribution in [0.4, 0.5) is 16.0 Å². The van der Waals surface area contributed by atoms with Crippen LogP contribution in [0.5, 0.6) is 0 Å². The SMILES string of the molecule is COC(=O)c1cc(CC#N)nc(Cc2ccc3ncc(Cl)cc3c2)c1.Cc1cc(N)nc(C)c1CN.Cc1cc(N)nc(C)c1CNC(=O)c1cc(CC#N)nc(Cc2ccc3ncc(Cl)cc3c2)c1.Cl.[2H]CF. The third-order valence-corrected chi connectivity index (χ3v) is 11.5. The van der Waals surface area contributed by atoms with Crippen molar-refractivity contribution in [3.05, 3.63) is 186 Å². The highest BCUT2D eigenvalue weighted by Gasteiger charge is 2.15. The molecule has 2 aromatic carbocycles. The third kappa shape index (κ3) is 16.3. The maximum Gasteiger partial charge on any atom is 0.337 e. The van der Waals surface area contributed by atoms with E-state index in [2.05, 4.69) is 47.4 Å². The molecule has 0 bridgehead atoms. The fraction of sp³-hybridized carbons (Fsp3) is 0.222. The van der Waals surface area contributed by atoms with Crippen LogP contribution >= 0.6 is 35.6 Å². The van der Waals surface area contributed by atoms with Gasteiger partial charge in [-0.2, -0.15) is 10.5 Å². The summed E-state index contributed by atoms with van der Waals surface area (Å²) in [4.78, 5) is 50.8. The number of rotatable bonds is 11. The van der Waals surface area contributed by atoms with Gasteiger partial charge in [0.15, 0.2) is 0 Å². The number of nitrogens with two attached hydrogens (primary N) is 3. The topological polar surface area (TPSA) is 258 Å². The van der Waals surface area contributed by atoms with E-state index >= 15 is 0 Å². The number of fused-ring (bicyclic) bond motifs is 2. The predicted octanol–water partition coefficient (Wildman–Crippen LogP) is 9.94. The molecular weight excluding hydrogens is 990 g/mol. The summed E-state index contributed by atoms with van der Waals surface area (Å²) in [5.74, 6) is 0.333. The van der Waals surface area contributed by atoms with Crippen molar-refractivity contribution < 1.29 is 20.1 Å². The van der Waals surface area contributed by atoms with Crippen molar-refractivity contribution in [2.45, 2.75) is 66.5 Å². The molecular formula is C54H54Cl3FN12O3. The van der Waals surface area contributed by atoms with Crippen molar-refractivity contribution in [2.75, 3.05) is 25.7 Å². The molecule has 0 fully saturated rings. The molecule has 0 saturated heterocycles. The average Bonchev–Trinajstić information content (AvgIpc) is 3.33. The lowest BCUT2D eigenvalue weighted by Gasteiger charge is -2.12. The van der Waals surface area contributed by atoms with E-state index in [1.165, 1.54) is 7.11 Å². The number of nitrogen functional groups attached to an aromatic ring is 2. The molecule has 8 aromatic rings. The summed E-state index contributed by atoms with van der Waals surface area (Å²) in [6, 6.07) is 30.0. The summed E-state index contributed by atoms with van der Waals surface area (Å²) < 4.78 is 20.3. The highest BCUT2D eigenvalue weighted by atomic mass is 35.5. The smallest absolute Gasteiger partial charge is 0.337 e. The van der Waals surface area contributed by atoms with E-state index < -0.39 is 13.1 Å². The summed E-state index contributed by atoms with van der Waals surface area (Å²) in [5, 5.41) is 24.1. The molecule has 0 unspecified atom stereocenters. The Morgan fingerprint density at radius 1 is 0.685 bits per heavy atom. The normalized spacial score (nSPS) is 10.4. The Morgan fingerprint density at radius 2 is 1.12 bits per heavy atom. The van der Waals surface area contributed by atoms with Gasteiger partial charge in [0.1, 0.15) is 11.6 Å². The van der Waals surface area contributed by atoms with Crippen LogP contribution in [0.2, 0.25) is 10.0 Å². The molecule has 6 aromatic heterocycles. The molecule has 0 spiro atoms. The minimum Gasteiger partial charge on any atom is -0.465 e. The van der Waals surface area contributed by atoms with Crippen LogP contribution < -0.4 is 22.5 Å². The molecule has 1 amide bonds. The number of ether oxygens (including phenoxy) is 1. The van der Waals surface area contributed by atoms with E-state index in [0.717, 1.165) is 66.6 Å². The molecule has 0 aliphatic heterocycles. The number of carbonyl (C=O) groups excluding carboxylic acids is 2. The van der Waals surface area contributed by atoms with Crippen molar-refractivity contribution in [3.8, 4) is 12.1 Å². The number of esters is 1. The lowest BCUT2D eigenvalue weighted by molar-refractivity contribution is 0.0600.